The van der Waals surface area contributed by atoms with Crippen molar-refractivity contribution in [1.82, 2.24) is 0 Å². The van der Waals surface area contributed by atoms with Gasteiger partial charge in [-0.25, -0.2) is 0 Å². The second kappa shape index (κ2) is 2.24. The molecule has 3 fully saturated rings. The van der Waals surface area contributed by atoms with E-state index in [0.29, 0.717) is 0 Å². The molecule has 11 heavy (non-hydrogen) atoms. The molecule has 3 aliphatic rings. The maximum absolute atomic E-state index is 1.59. The van der Waals surface area contributed by atoms with Crippen molar-refractivity contribution in [2.45, 2.75) is 44.9 Å². The molecule has 0 aromatic carbocycles. The van der Waals surface area contributed by atoms with Crippen LogP contribution in [0.15, 0.2) is 0 Å². The van der Waals surface area contributed by atoms with Gasteiger partial charge in [0.2, 0.25) is 0 Å². The summed E-state index contributed by atoms with van der Waals surface area (Å²) in [5.41, 5.74) is 0. The summed E-state index contributed by atoms with van der Waals surface area (Å²) in [6, 6.07) is 0. The summed E-state index contributed by atoms with van der Waals surface area (Å²) >= 11 is 0. The first-order valence-electron chi connectivity index (χ1n) is 5.47. The summed E-state index contributed by atoms with van der Waals surface area (Å²) < 4.78 is 0. The molecular formula is C11H18. The molecule has 0 N–H and O–H groups in total. The zero-order valence-electron chi connectivity index (χ0n) is 7.26. The lowest BCUT2D eigenvalue weighted by atomic mass is 9.53. The first-order valence-corrected chi connectivity index (χ1v) is 5.47. The number of rotatable bonds is 0. The van der Waals surface area contributed by atoms with E-state index >= 15 is 0 Å². The number of hydrogen-bond donors (Lipinski definition) is 0. The molecule has 0 nitrogen and oxygen atoms in total. The predicted molar refractivity (Wildman–Crippen MR) is 46.3 cm³/mol. The Hall–Kier alpha value is 0. The van der Waals surface area contributed by atoms with Gasteiger partial charge in [0.25, 0.3) is 0 Å². The summed E-state index contributed by atoms with van der Waals surface area (Å²) in [6.45, 7) is 0. The van der Waals surface area contributed by atoms with Crippen molar-refractivity contribution >= 4 is 0 Å². The maximum Gasteiger partial charge on any atom is -0.0352 e. The van der Waals surface area contributed by atoms with Gasteiger partial charge >= 0.3 is 0 Å². The topological polar surface area (TPSA) is 0 Å². The number of hydrogen-bond acceptors (Lipinski definition) is 0. The van der Waals surface area contributed by atoms with Crippen LogP contribution in [0.25, 0.3) is 0 Å². The van der Waals surface area contributed by atoms with Crippen LogP contribution in [-0.4, -0.2) is 0 Å². The third-order valence-corrected chi connectivity index (χ3v) is 4.60. The van der Waals surface area contributed by atoms with E-state index in [0.717, 1.165) is 0 Å². The molecule has 0 saturated heterocycles. The van der Waals surface area contributed by atoms with Gasteiger partial charge in [-0.3, -0.25) is 0 Å². The molecule has 0 radical (unpaired) electrons. The molecule has 0 spiro atoms. The number of fused-ring (bicyclic) bond motifs is 4. The lowest BCUT2D eigenvalue weighted by Gasteiger charge is -2.52. The third-order valence-electron chi connectivity index (χ3n) is 4.60. The monoisotopic (exact) mass is 150 g/mol. The van der Waals surface area contributed by atoms with E-state index in [1.54, 1.807) is 44.9 Å². The van der Waals surface area contributed by atoms with Crippen molar-refractivity contribution < 1.29 is 0 Å². The van der Waals surface area contributed by atoms with Crippen molar-refractivity contribution in [1.29, 1.82) is 0 Å². The van der Waals surface area contributed by atoms with Gasteiger partial charge in [0, 0.05) is 0 Å². The predicted octanol–water partition coefficient (Wildman–Crippen LogP) is 3.22. The van der Waals surface area contributed by atoms with Gasteiger partial charge in [-0.15, -0.1) is 0 Å². The zero-order chi connectivity index (χ0) is 7.26. The molecule has 62 valence electrons. The molecular weight excluding hydrogens is 132 g/mol. The summed E-state index contributed by atoms with van der Waals surface area (Å²) in [6.07, 6.45) is 11.0. The summed E-state index contributed by atoms with van der Waals surface area (Å²) in [4.78, 5) is 0. The normalized spacial score (nSPS) is 54.5. The van der Waals surface area contributed by atoms with Crippen LogP contribution in [0.5, 0.6) is 0 Å². The molecule has 0 aromatic rings. The Balaban J connectivity index is 1.77. The van der Waals surface area contributed by atoms with Gasteiger partial charge in [0.15, 0.2) is 0 Å². The van der Waals surface area contributed by atoms with Crippen LogP contribution in [0.3, 0.4) is 0 Å². The highest BCUT2D eigenvalue weighted by atomic mass is 14.6. The molecule has 3 aliphatic carbocycles. The van der Waals surface area contributed by atoms with Crippen molar-refractivity contribution in [3.8, 4) is 0 Å². The maximum atomic E-state index is 1.59. The van der Waals surface area contributed by atoms with Crippen LogP contribution < -0.4 is 0 Å². The van der Waals surface area contributed by atoms with Crippen LogP contribution in [0.2, 0.25) is 0 Å². The standard InChI is InChI=1S/C11H18/c1-2-5-9-8(4-1)10-6-3-7-11(9)10/h8-11H,1-7H2/t8-,9+,10+,11-. The fourth-order valence-corrected chi connectivity index (χ4v) is 4.19. The Morgan fingerprint density at radius 3 is 1.27 bits per heavy atom. The molecule has 0 heterocycles. The minimum atomic E-state index is 1.20. The van der Waals surface area contributed by atoms with Crippen molar-refractivity contribution in [3.63, 3.8) is 0 Å². The SMILES string of the molecule is C1CC[C@H]2[C@@H](C1)[C@@H]1CCC[C@H]21. The second-order valence-corrected chi connectivity index (χ2v) is 4.87. The first kappa shape index (κ1) is 6.51. The van der Waals surface area contributed by atoms with Crippen LogP contribution in [0.1, 0.15) is 44.9 Å². The molecule has 0 bridgehead atoms. The van der Waals surface area contributed by atoms with Gasteiger partial charge in [0.05, 0.1) is 0 Å². The minimum Gasteiger partial charge on any atom is -0.0530 e. The van der Waals surface area contributed by atoms with Gasteiger partial charge in [0.1, 0.15) is 0 Å². The Morgan fingerprint density at radius 1 is 0.455 bits per heavy atom. The van der Waals surface area contributed by atoms with Crippen LogP contribution >= 0.6 is 0 Å². The summed E-state index contributed by atoms with van der Waals surface area (Å²) in [5, 5.41) is 0. The van der Waals surface area contributed by atoms with E-state index in [-0.39, 0.29) is 0 Å². The Kier molecular flexibility index (Phi) is 1.33. The first-order chi connectivity index (χ1) is 5.47. The van der Waals surface area contributed by atoms with Crippen LogP contribution in [-0.2, 0) is 0 Å². The van der Waals surface area contributed by atoms with E-state index in [1.807, 2.05) is 0 Å². The largest absolute Gasteiger partial charge is 0.0530 e. The smallest absolute Gasteiger partial charge is 0.0352 e. The third kappa shape index (κ3) is 0.761. The molecule has 0 amide bonds. The van der Waals surface area contributed by atoms with Gasteiger partial charge < -0.3 is 0 Å². The zero-order valence-corrected chi connectivity index (χ0v) is 7.26. The molecule has 0 aliphatic heterocycles. The molecule has 3 saturated carbocycles. The average Bonchev–Trinajstić information content (AvgIpc) is 2.44. The lowest BCUT2D eigenvalue weighted by Crippen LogP contribution is -2.45. The molecule has 0 unspecified atom stereocenters. The van der Waals surface area contributed by atoms with Crippen molar-refractivity contribution in [3.05, 3.63) is 0 Å². The lowest BCUT2D eigenvalue weighted by molar-refractivity contribution is -0.0305. The van der Waals surface area contributed by atoms with E-state index in [9.17, 15) is 0 Å². The Bertz CT molecular complexity index is 143. The Labute approximate surface area is 69.4 Å². The van der Waals surface area contributed by atoms with Gasteiger partial charge in [-0.1, -0.05) is 19.3 Å². The van der Waals surface area contributed by atoms with Crippen LogP contribution in [0, 0.1) is 23.7 Å². The van der Waals surface area contributed by atoms with Gasteiger partial charge in [-0.05, 0) is 49.4 Å². The van der Waals surface area contributed by atoms with E-state index < -0.39 is 0 Å². The highest BCUT2D eigenvalue weighted by Crippen LogP contribution is 2.60. The summed E-state index contributed by atoms with van der Waals surface area (Å²) in [7, 11) is 0. The van der Waals surface area contributed by atoms with E-state index in [4.69, 9.17) is 0 Å². The average molecular weight is 150 g/mol. The molecule has 4 atom stereocenters. The Morgan fingerprint density at radius 2 is 0.818 bits per heavy atom. The fraction of sp³-hybridized carbons (Fsp3) is 1.00. The fourth-order valence-electron chi connectivity index (χ4n) is 4.19. The van der Waals surface area contributed by atoms with Crippen molar-refractivity contribution in [2.24, 2.45) is 23.7 Å². The highest BCUT2D eigenvalue weighted by Gasteiger charge is 2.51. The van der Waals surface area contributed by atoms with E-state index in [1.165, 1.54) is 23.7 Å². The minimum absolute atomic E-state index is 1.20. The molecule has 0 aromatic heterocycles. The second-order valence-electron chi connectivity index (χ2n) is 4.87. The molecule has 0 heteroatoms. The van der Waals surface area contributed by atoms with Crippen molar-refractivity contribution in [2.75, 3.05) is 0 Å². The van der Waals surface area contributed by atoms with E-state index in [2.05, 4.69) is 0 Å². The molecule has 3 rings (SSSR count). The highest BCUT2D eigenvalue weighted by molar-refractivity contribution is 5.01. The van der Waals surface area contributed by atoms with Gasteiger partial charge in [-0.2, -0.15) is 0 Å². The summed E-state index contributed by atoms with van der Waals surface area (Å²) in [5.74, 6) is 4.83. The quantitative estimate of drug-likeness (QED) is 0.497. The van der Waals surface area contributed by atoms with Crippen LogP contribution in [0.4, 0.5) is 0 Å².